The van der Waals surface area contributed by atoms with E-state index in [0.717, 1.165) is 25.7 Å². The normalized spacial score (nSPS) is 58.2. The highest BCUT2D eigenvalue weighted by Gasteiger charge is 2.68. The molecule has 4 aliphatic carbocycles. The van der Waals surface area contributed by atoms with Gasteiger partial charge < -0.3 is 15.3 Å². The third-order valence-corrected chi connectivity index (χ3v) is 9.02. The van der Waals surface area contributed by atoms with Crippen molar-refractivity contribution in [2.75, 3.05) is 0 Å². The van der Waals surface area contributed by atoms with Crippen LogP contribution in [0.2, 0.25) is 0 Å². The number of rotatable bonds is 1. The van der Waals surface area contributed by atoms with Crippen LogP contribution in [0.1, 0.15) is 58.8 Å². The van der Waals surface area contributed by atoms with Crippen LogP contribution in [0, 0.1) is 34.5 Å². The first-order chi connectivity index (χ1) is 11.7. The molecule has 140 valence electrons. The number of allylic oxidation sites excluding steroid dienone is 1. The lowest BCUT2D eigenvalue weighted by molar-refractivity contribution is -0.229. The minimum Gasteiger partial charge on any atom is -0.390 e. The van der Waals surface area contributed by atoms with Crippen LogP contribution in [-0.4, -0.2) is 38.9 Å². The highest BCUT2D eigenvalue weighted by molar-refractivity contribution is 5.89. The summed E-state index contributed by atoms with van der Waals surface area (Å²) in [6.07, 6.45) is 5.29. The van der Waals surface area contributed by atoms with Crippen molar-refractivity contribution in [3.05, 3.63) is 12.7 Å². The van der Waals surface area contributed by atoms with Gasteiger partial charge in [-0.25, -0.2) is 0 Å². The number of ketones is 1. The van der Waals surface area contributed by atoms with E-state index in [2.05, 4.69) is 19.6 Å². The van der Waals surface area contributed by atoms with Crippen molar-refractivity contribution in [2.24, 2.45) is 34.5 Å². The second-order valence-electron chi connectivity index (χ2n) is 9.79. The van der Waals surface area contributed by atoms with E-state index in [0.29, 0.717) is 24.7 Å². The Kier molecular flexibility index (Phi) is 3.82. The van der Waals surface area contributed by atoms with Crippen LogP contribution in [0.4, 0.5) is 0 Å². The molecular weight excluding hydrogens is 316 g/mol. The van der Waals surface area contributed by atoms with Crippen LogP contribution >= 0.6 is 0 Å². The van der Waals surface area contributed by atoms with Crippen molar-refractivity contribution >= 4 is 5.78 Å². The number of carbonyl (C=O) groups is 1. The summed E-state index contributed by atoms with van der Waals surface area (Å²) in [5.41, 5.74) is -1.92. The Balaban J connectivity index is 1.73. The maximum atomic E-state index is 13.0. The van der Waals surface area contributed by atoms with Crippen molar-refractivity contribution in [1.29, 1.82) is 0 Å². The van der Waals surface area contributed by atoms with E-state index < -0.39 is 23.2 Å². The number of hydrogen-bond donors (Lipinski definition) is 3. The van der Waals surface area contributed by atoms with Gasteiger partial charge in [-0.05, 0) is 61.2 Å². The van der Waals surface area contributed by atoms with E-state index >= 15 is 0 Å². The Morgan fingerprint density at radius 3 is 2.44 bits per heavy atom. The van der Waals surface area contributed by atoms with Gasteiger partial charge in [0.1, 0.15) is 5.60 Å². The van der Waals surface area contributed by atoms with Gasteiger partial charge in [-0.3, -0.25) is 4.79 Å². The van der Waals surface area contributed by atoms with Crippen LogP contribution < -0.4 is 0 Å². The summed E-state index contributed by atoms with van der Waals surface area (Å²) >= 11 is 0. The molecule has 0 radical (unpaired) electrons. The van der Waals surface area contributed by atoms with Crippen LogP contribution in [0.5, 0.6) is 0 Å². The molecule has 25 heavy (non-hydrogen) atoms. The molecule has 0 bridgehead atoms. The highest BCUT2D eigenvalue weighted by atomic mass is 16.3. The van der Waals surface area contributed by atoms with Gasteiger partial charge >= 0.3 is 0 Å². The monoisotopic (exact) mass is 348 g/mol. The van der Waals surface area contributed by atoms with Gasteiger partial charge in [0.15, 0.2) is 5.78 Å². The molecule has 0 saturated heterocycles. The van der Waals surface area contributed by atoms with Gasteiger partial charge in [-0.1, -0.05) is 19.9 Å². The zero-order valence-corrected chi connectivity index (χ0v) is 15.4. The molecule has 9 unspecified atom stereocenters. The number of hydrogen-bond acceptors (Lipinski definition) is 4. The standard InChI is InChI=1S/C21H32O4/c1-4-12-5-6-14-13-9-18(24)21(25)11-17(23)16(22)10-20(21,3)15(13)7-8-19(12,14)2/h4,12-17,22-23,25H,1,5-11H2,2-3H3. The molecule has 4 heteroatoms. The Bertz CT molecular complexity index is 603. The second-order valence-corrected chi connectivity index (χ2v) is 9.79. The van der Waals surface area contributed by atoms with Gasteiger partial charge in [0, 0.05) is 18.3 Å². The van der Waals surface area contributed by atoms with Crippen molar-refractivity contribution < 1.29 is 20.1 Å². The van der Waals surface area contributed by atoms with Crippen LogP contribution in [0.3, 0.4) is 0 Å². The number of carbonyl (C=O) groups excluding carboxylic acids is 1. The third kappa shape index (κ3) is 2.08. The zero-order valence-electron chi connectivity index (χ0n) is 15.4. The molecule has 4 saturated carbocycles. The zero-order chi connectivity index (χ0) is 18.2. The predicted octanol–water partition coefficient (Wildman–Crippen LogP) is 2.46. The largest absolute Gasteiger partial charge is 0.390 e. The predicted molar refractivity (Wildman–Crippen MR) is 94.7 cm³/mol. The summed E-state index contributed by atoms with van der Waals surface area (Å²) in [6, 6.07) is 0. The number of fused-ring (bicyclic) bond motifs is 5. The van der Waals surface area contributed by atoms with Crippen LogP contribution in [0.25, 0.3) is 0 Å². The van der Waals surface area contributed by atoms with E-state index in [1.54, 1.807) is 0 Å². The Hall–Kier alpha value is -0.710. The van der Waals surface area contributed by atoms with Crippen LogP contribution in [0.15, 0.2) is 12.7 Å². The fraction of sp³-hybridized carbons (Fsp3) is 0.857. The van der Waals surface area contributed by atoms with Crippen molar-refractivity contribution in [2.45, 2.75) is 76.6 Å². The lowest BCUT2D eigenvalue weighted by Gasteiger charge is -2.63. The van der Waals surface area contributed by atoms with Gasteiger partial charge in [0.2, 0.25) is 0 Å². The first-order valence-electron chi connectivity index (χ1n) is 9.92. The molecule has 4 aliphatic rings. The lowest BCUT2D eigenvalue weighted by Crippen LogP contribution is -2.69. The highest BCUT2D eigenvalue weighted by Crippen LogP contribution is 2.67. The first-order valence-corrected chi connectivity index (χ1v) is 9.92. The Labute approximate surface area is 150 Å². The average Bonchev–Trinajstić information content (AvgIpc) is 2.89. The molecule has 0 aliphatic heterocycles. The molecular formula is C21H32O4. The molecule has 0 spiro atoms. The molecule has 9 atom stereocenters. The van der Waals surface area contributed by atoms with E-state index in [1.807, 2.05) is 6.92 Å². The molecule has 4 fully saturated rings. The SMILES string of the molecule is C=CC1CCC2C3CC(=O)C4(O)CC(O)C(O)CC4(C)C3CCC12C. The fourth-order valence-electron chi connectivity index (χ4n) is 7.48. The van der Waals surface area contributed by atoms with E-state index in [-0.39, 0.29) is 29.5 Å². The minimum atomic E-state index is -1.49. The van der Waals surface area contributed by atoms with Crippen LogP contribution in [-0.2, 0) is 4.79 Å². The third-order valence-electron chi connectivity index (χ3n) is 9.02. The lowest BCUT2D eigenvalue weighted by atomic mass is 9.42. The summed E-state index contributed by atoms with van der Waals surface area (Å²) < 4.78 is 0. The summed E-state index contributed by atoms with van der Waals surface area (Å²) in [5.74, 6) is 1.40. The second kappa shape index (κ2) is 5.40. The van der Waals surface area contributed by atoms with Crippen molar-refractivity contribution in [3.63, 3.8) is 0 Å². The number of Topliss-reactive ketones (excluding diaryl/α,β-unsaturated/α-hetero) is 1. The topological polar surface area (TPSA) is 77.8 Å². The smallest absolute Gasteiger partial charge is 0.165 e. The van der Waals surface area contributed by atoms with E-state index in [9.17, 15) is 20.1 Å². The molecule has 0 amide bonds. The van der Waals surface area contributed by atoms with E-state index in [4.69, 9.17) is 0 Å². The molecule has 4 rings (SSSR count). The summed E-state index contributed by atoms with van der Waals surface area (Å²) in [6.45, 7) is 8.39. The van der Waals surface area contributed by atoms with Gasteiger partial charge in [0.25, 0.3) is 0 Å². The van der Waals surface area contributed by atoms with Gasteiger partial charge in [-0.2, -0.15) is 0 Å². The van der Waals surface area contributed by atoms with E-state index in [1.165, 1.54) is 0 Å². The minimum absolute atomic E-state index is 0.0239. The summed E-state index contributed by atoms with van der Waals surface area (Å²) in [4.78, 5) is 13.0. The fourth-order valence-corrected chi connectivity index (χ4v) is 7.48. The quantitative estimate of drug-likeness (QED) is 0.636. The molecule has 0 aromatic rings. The maximum absolute atomic E-state index is 13.0. The molecule has 0 heterocycles. The average molecular weight is 348 g/mol. The first kappa shape index (κ1) is 17.7. The maximum Gasteiger partial charge on any atom is 0.165 e. The summed E-state index contributed by atoms with van der Waals surface area (Å²) in [7, 11) is 0. The molecule has 4 nitrogen and oxygen atoms in total. The number of aliphatic hydroxyl groups is 3. The van der Waals surface area contributed by atoms with Crippen molar-refractivity contribution in [1.82, 2.24) is 0 Å². The summed E-state index contributed by atoms with van der Waals surface area (Å²) in [5, 5.41) is 31.7. The number of aliphatic hydroxyl groups excluding tert-OH is 2. The Morgan fingerprint density at radius 1 is 1.08 bits per heavy atom. The molecule has 0 aromatic carbocycles. The molecule has 0 aromatic heterocycles. The van der Waals surface area contributed by atoms with Gasteiger partial charge in [-0.15, -0.1) is 6.58 Å². The van der Waals surface area contributed by atoms with Gasteiger partial charge in [0.05, 0.1) is 12.2 Å². The molecule has 3 N–H and O–H groups in total. The Morgan fingerprint density at radius 2 is 1.76 bits per heavy atom. The van der Waals surface area contributed by atoms with Crippen molar-refractivity contribution in [3.8, 4) is 0 Å².